The molecule has 6 nitrogen and oxygen atoms in total. The van der Waals surface area contributed by atoms with Crippen molar-refractivity contribution >= 4 is 37.3 Å². The molecule has 0 radical (unpaired) electrons. The molecule has 0 fully saturated rings. The van der Waals surface area contributed by atoms with Crippen LogP contribution in [0.2, 0.25) is 0 Å². The van der Waals surface area contributed by atoms with Crippen LogP contribution in [0, 0.1) is 0 Å². The van der Waals surface area contributed by atoms with E-state index in [1.54, 1.807) is 12.4 Å². The Labute approximate surface area is 191 Å². The number of aliphatic imine (C=N–C) groups is 4. The minimum Gasteiger partial charge on any atom is -0.311 e. The van der Waals surface area contributed by atoms with Gasteiger partial charge in [-0.15, -0.1) is 0 Å². The van der Waals surface area contributed by atoms with Crippen molar-refractivity contribution in [1.29, 1.82) is 0 Å². The first-order valence-corrected chi connectivity index (χ1v) is 10.5. The molecule has 0 amide bonds. The van der Waals surface area contributed by atoms with E-state index in [-0.39, 0.29) is 0 Å². The molecule has 0 aromatic heterocycles. The number of hydrogen-bond donors (Lipinski definition) is 2. The summed E-state index contributed by atoms with van der Waals surface area (Å²) < 4.78 is 0. The third-order valence-electron chi connectivity index (χ3n) is 4.79. The van der Waals surface area contributed by atoms with Gasteiger partial charge in [0.25, 0.3) is 0 Å². The molecule has 0 unspecified atom stereocenters. The zero-order chi connectivity index (χ0) is 23.0. The molecule has 0 atom stereocenters. The van der Waals surface area contributed by atoms with Crippen LogP contribution in [-0.2, 0) is 13.1 Å². The second kappa shape index (κ2) is 14.5. The van der Waals surface area contributed by atoms with Gasteiger partial charge >= 0.3 is 0 Å². The van der Waals surface area contributed by atoms with E-state index in [2.05, 4.69) is 92.6 Å². The highest BCUT2D eigenvalue weighted by Crippen LogP contribution is 2.15. The molecule has 0 aliphatic carbocycles. The van der Waals surface area contributed by atoms with Crippen LogP contribution in [0.3, 0.4) is 0 Å². The average Bonchev–Trinajstić information content (AvgIpc) is 2.82. The molecule has 0 aliphatic rings. The molecule has 166 valence electrons. The summed E-state index contributed by atoms with van der Waals surface area (Å²) >= 11 is 0. The second-order valence-electron chi connectivity index (χ2n) is 7.27. The van der Waals surface area contributed by atoms with Gasteiger partial charge in [-0.1, -0.05) is 48.5 Å². The summed E-state index contributed by atoms with van der Waals surface area (Å²) in [5, 5.41) is 6.95. The van der Waals surface area contributed by atoms with E-state index in [0.29, 0.717) is 0 Å². The third kappa shape index (κ3) is 9.12. The molecule has 0 bridgehead atoms. The number of nitrogens with one attached hydrogen (secondary N) is 2. The fourth-order valence-corrected chi connectivity index (χ4v) is 2.95. The fraction of sp³-hybridized carbons (Fsp3) is 0.231. The summed E-state index contributed by atoms with van der Waals surface area (Å²) in [4.78, 5) is 15.3. The van der Waals surface area contributed by atoms with Crippen molar-refractivity contribution in [2.24, 2.45) is 20.0 Å². The Morgan fingerprint density at radius 3 is 1.41 bits per heavy atom. The maximum absolute atomic E-state index is 4.07. The summed E-state index contributed by atoms with van der Waals surface area (Å²) in [7, 11) is 0. The lowest BCUT2D eigenvalue weighted by molar-refractivity contribution is 0.611. The Kier molecular flexibility index (Phi) is 11.2. The predicted molar refractivity (Wildman–Crippen MR) is 140 cm³/mol. The van der Waals surface area contributed by atoms with Crippen LogP contribution in [0.25, 0.3) is 11.1 Å². The standard InChI is InChI=1S/C26H32N6/c1-21(15-31-19-27-3)25-9-5-23(6-10-25)17-29-13-14-30-18-24-7-11-26(12-8-24)22(2)16-32-20-28-4/h5-12,15-16,19-20,29-30H,3-4,13-14,17-18H2,1-2H3/b21-15+,22-16+,31-19-,32-20-. The van der Waals surface area contributed by atoms with E-state index in [4.69, 9.17) is 0 Å². The molecular formula is C26H32N6. The first-order chi connectivity index (χ1) is 15.6. The van der Waals surface area contributed by atoms with Crippen molar-refractivity contribution in [3.8, 4) is 0 Å². The molecule has 2 rings (SSSR count). The summed E-state index contributed by atoms with van der Waals surface area (Å²) in [6.45, 7) is 14.3. The van der Waals surface area contributed by atoms with Gasteiger partial charge in [0.1, 0.15) is 12.7 Å². The SMILES string of the molecule is C=N/C=N\C=C(/C)c1ccc(CNCCNCc2ccc(/C(C)=C/N=C\N=C)cc2)cc1. The van der Waals surface area contributed by atoms with Crippen LogP contribution in [0.5, 0.6) is 0 Å². The molecule has 2 N–H and O–H groups in total. The minimum atomic E-state index is 0.841. The lowest BCUT2D eigenvalue weighted by Gasteiger charge is -2.09. The quantitative estimate of drug-likeness (QED) is 0.275. The van der Waals surface area contributed by atoms with Crippen LogP contribution in [0.15, 0.2) is 80.9 Å². The molecule has 6 heteroatoms. The topological polar surface area (TPSA) is 73.5 Å². The van der Waals surface area contributed by atoms with Crippen molar-refractivity contribution in [2.75, 3.05) is 13.1 Å². The Bertz CT molecular complexity index is 885. The lowest BCUT2D eigenvalue weighted by Crippen LogP contribution is -2.26. The van der Waals surface area contributed by atoms with Crippen molar-refractivity contribution in [2.45, 2.75) is 26.9 Å². The molecule has 0 saturated heterocycles. The number of allylic oxidation sites excluding steroid dienone is 2. The van der Waals surface area contributed by atoms with Crippen molar-refractivity contribution in [1.82, 2.24) is 10.6 Å². The Balaban J connectivity index is 1.68. The Morgan fingerprint density at radius 1 is 0.688 bits per heavy atom. The number of benzene rings is 2. The van der Waals surface area contributed by atoms with Crippen LogP contribution < -0.4 is 10.6 Å². The summed E-state index contributed by atoms with van der Waals surface area (Å²) in [6.07, 6.45) is 6.44. The second-order valence-corrected chi connectivity index (χ2v) is 7.27. The first kappa shape index (κ1) is 24.8. The minimum absolute atomic E-state index is 0.841. The monoisotopic (exact) mass is 428 g/mol. The molecule has 2 aromatic rings. The van der Waals surface area contributed by atoms with Gasteiger partial charge in [0, 0.05) is 38.6 Å². The molecule has 0 spiro atoms. The highest BCUT2D eigenvalue weighted by atomic mass is 14.9. The molecule has 32 heavy (non-hydrogen) atoms. The fourth-order valence-electron chi connectivity index (χ4n) is 2.95. The zero-order valence-electron chi connectivity index (χ0n) is 19.0. The largest absolute Gasteiger partial charge is 0.311 e. The van der Waals surface area contributed by atoms with Gasteiger partial charge in [-0.3, -0.25) is 9.98 Å². The van der Waals surface area contributed by atoms with Crippen LogP contribution >= 0.6 is 0 Å². The highest BCUT2D eigenvalue weighted by Gasteiger charge is 1.99. The van der Waals surface area contributed by atoms with E-state index < -0.39 is 0 Å². The van der Waals surface area contributed by atoms with E-state index in [0.717, 1.165) is 48.5 Å². The zero-order valence-corrected chi connectivity index (χ0v) is 19.0. The van der Waals surface area contributed by atoms with Gasteiger partial charge in [0.05, 0.1) is 0 Å². The molecule has 0 heterocycles. The highest BCUT2D eigenvalue weighted by molar-refractivity contribution is 5.68. The van der Waals surface area contributed by atoms with Crippen LogP contribution in [0.4, 0.5) is 0 Å². The molecule has 0 aliphatic heterocycles. The van der Waals surface area contributed by atoms with Gasteiger partial charge in [0.2, 0.25) is 0 Å². The van der Waals surface area contributed by atoms with E-state index in [1.165, 1.54) is 23.8 Å². The summed E-state index contributed by atoms with van der Waals surface area (Å²) in [6, 6.07) is 17.0. The van der Waals surface area contributed by atoms with Crippen molar-refractivity contribution in [3.63, 3.8) is 0 Å². The van der Waals surface area contributed by atoms with Crippen molar-refractivity contribution in [3.05, 3.63) is 83.2 Å². The van der Waals surface area contributed by atoms with E-state index in [1.807, 2.05) is 13.8 Å². The number of hydrogen-bond acceptors (Lipinski definition) is 4. The lowest BCUT2D eigenvalue weighted by atomic mass is 10.1. The maximum Gasteiger partial charge on any atom is 0.114 e. The predicted octanol–water partition coefficient (Wildman–Crippen LogP) is 4.75. The Hall–Kier alpha value is -3.48. The normalized spacial score (nSPS) is 12.6. The summed E-state index contributed by atoms with van der Waals surface area (Å²) in [5.41, 5.74) is 6.98. The van der Waals surface area contributed by atoms with Crippen molar-refractivity contribution < 1.29 is 0 Å². The van der Waals surface area contributed by atoms with Gasteiger partial charge in [-0.2, -0.15) is 0 Å². The molecule has 0 saturated carbocycles. The van der Waals surface area contributed by atoms with Gasteiger partial charge in [-0.25, -0.2) is 9.98 Å². The smallest absolute Gasteiger partial charge is 0.114 e. The number of nitrogens with zero attached hydrogens (tertiary/aromatic N) is 4. The maximum atomic E-state index is 4.07. The van der Waals surface area contributed by atoms with Crippen LogP contribution in [0.1, 0.15) is 36.1 Å². The Morgan fingerprint density at radius 2 is 1.06 bits per heavy atom. The van der Waals surface area contributed by atoms with E-state index in [9.17, 15) is 0 Å². The summed E-state index contributed by atoms with van der Waals surface area (Å²) in [5.74, 6) is 0. The van der Waals surface area contributed by atoms with Gasteiger partial charge in [-0.05, 0) is 60.7 Å². The third-order valence-corrected chi connectivity index (χ3v) is 4.79. The van der Waals surface area contributed by atoms with E-state index >= 15 is 0 Å². The molecular weight excluding hydrogens is 396 g/mol. The van der Waals surface area contributed by atoms with Gasteiger partial charge in [0.15, 0.2) is 0 Å². The molecule has 2 aromatic carbocycles. The van der Waals surface area contributed by atoms with Crippen LogP contribution in [-0.4, -0.2) is 39.2 Å². The average molecular weight is 429 g/mol. The number of rotatable bonds is 13. The first-order valence-electron chi connectivity index (χ1n) is 10.5. The van der Waals surface area contributed by atoms with Gasteiger partial charge < -0.3 is 10.6 Å².